The maximum absolute atomic E-state index is 11.8. The SMILES string of the molecule is CCc1cccc(NC(=O)NC(C)CCCC(=O)O)c1. The molecule has 110 valence electrons. The van der Waals surface area contributed by atoms with Crippen molar-refractivity contribution in [2.45, 2.75) is 45.6 Å². The number of carbonyl (C=O) groups is 2. The molecule has 1 rings (SSSR count). The monoisotopic (exact) mass is 278 g/mol. The molecule has 1 aromatic carbocycles. The number of aliphatic carboxylic acids is 1. The Morgan fingerprint density at radius 2 is 2.10 bits per heavy atom. The van der Waals surface area contributed by atoms with Crippen LogP contribution >= 0.6 is 0 Å². The van der Waals surface area contributed by atoms with Crippen molar-refractivity contribution in [1.29, 1.82) is 0 Å². The summed E-state index contributed by atoms with van der Waals surface area (Å²) >= 11 is 0. The Labute approximate surface area is 119 Å². The Morgan fingerprint density at radius 1 is 1.35 bits per heavy atom. The second-order valence-corrected chi connectivity index (χ2v) is 4.84. The third-order valence-electron chi connectivity index (χ3n) is 3.00. The van der Waals surface area contributed by atoms with E-state index in [1.165, 1.54) is 0 Å². The number of anilines is 1. The molecule has 2 amide bonds. The summed E-state index contributed by atoms with van der Waals surface area (Å²) in [6.07, 6.45) is 2.26. The van der Waals surface area contributed by atoms with Crippen molar-refractivity contribution in [2.24, 2.45) is 0 Å². The second-order valence-electron chi connectivity index (χ2n) is 4.84. The fraction of sp³-hybridized carbons (Fsp3) is 0.467. The van der Waals surface area contributed by atoms with Gasteiger partial charge < -0.3 is 15.7 Å². The van der Waals surface area contributed by atoms with Gasteiger partial charge in [-0.15, -0.1) is 0 Å². The van der Waals surface area contributed by atoms with Crippen molar-refractivity contribution < 1.29 is 14.7 Å². The second kappa shape index (κ2) is 8.19. The Kier molecular flexibility index (Phi) is 6.56. The molecule has 0 bridgehead atoms. The van der Waals surface area contributed by atoms with Crippen LogP contribution in [0.1, 0.15) is 38.7 Å². The quantitative estimate of drug-likeness (QED) is 0.717. The van der Waals surface area contributed by atoms with Gasteiger partial charge in [0.1, 0.15) is 0 Å². The summed E-state index contributed by atoms with van der Waals surface area (Å²) in [5, 5.41) is 14.1. The third-order valence-corrected chi connectivity index (χ3v) is 3.00. The molecule has 0 fully saturated rings. The van der Waals surface area contributed by atoms with Gasteiger partial charge in [0.05, 0.1) is 0 Å². The van der Waals surface area contributed by atoms with Gasteiger partial charge in [0.15, 0.2) is 0 Å². The number of nitrogens with one attached hydrogen (secondary N) is 2. The molecule has 0 aliphatic carbocycles. The van der Waals surface area contributed by atoms with Crippen LogP contribution in [0.15, 0.2) is 24.3 Å². The minimum atomic E-state index is -0.807. The van der Waals surface area contributed by atoms with E-state index in [9.17, 15) is 9.59 Å². The van der Waals surface area contributed by atoms with E-state index in [1.807, 2.05) is 31.2 Å². The number of urea groups is 1. The molecule has 0 saturated carbocycles. The molecule has 5 nitrogen and oxygen atoms in total. The zero-order valence-corrected chi connectivity index (χ0v) is 12.0. The van der Waals surface area contributed by atoms with E-state index >= 15 is 0 Å². The maximum Gasteiger partial charge on any atom is 0.319 e. The Morgan fingerprint density at radius 3 is 2.75 bits per heavy atom. The van der Waals surface area contributed by atoms with Crippen molar-refractivity contribution in [3.8, 4) is 0 Å². The number of benzene rings is 1. The van der Waals surface area contributed by atoms with Crippen molar-refractivity contribution in [2.75, 3.05) is 5.32 Å². The molecular formula is C15H22N2O3. The van der Waals surface area contributed by atoms with Gasteiger partial charge in [-0.05, 0) is 43.9 Å². The number of amides is 2. The lowest BCUT2D eigenvalue weighted by Gasteiger charge is -2.14. The van der Waals surface area contributed by atoms with Gasteiger partial charge in [-0.3, -0.25) is 4.79 Å². The van der Waals surface area contributed by atoms with E-state index in [2.05, 4.69) is 17.6 Å². The molecule has 1 aromatic rings. The Bertz CT molecular complexity index is 460. The molecule has 5 heteroatoms. The highest BCUT2D eigenvalue weighted by Gasteiger charge is 2.08. The average molecular weight is 278 g/mol. The number of hydrogen-bond acceptors (Lipinski definition) is 2. The minimum absolute atomic E-state index is 0.0521. The number of aryl methyl sites for hydroxylation is 1. The molecule has 3 N–H and O–H groups in total. The van der Waals surface area contributed by atoms with E-state index in [-0.39, 0.29) is 18.5 Å². The summed E-state index contributed by atoms with van der Waals surface area (Å²) in [7, 11) is 0. The summed E-state index contributed by atoms with van der Waals surface area (Å²) in [5.41, 5.74) is 1.93. The molecule has 0 aliphatic rings. The highest BCUT2D eigenvalue weighted by molar-refractivity contribution is 5.89. The summed E-state index contributed by atoms with van der Waals surface area (Å²) in [4.78, 5) is 22.2. The number of carboxylic acid groups (broad SMARTS) is 1. The molecule has 0 radical (unpaired) electrons. The number of carbonyl (C=O) groups excluding carboxylic acids is 1. The van der Waals surface area contributed by atoms with E-state index in [1.54, 1.807) is 0 Å². The average Bonchev–Trinajstić information content (AvgIpc) is 2.38. The van der Waals surface area contributed by atoms with Crippen LogP contribution in [-0.4, -0.2) is 23.1 Å². The molecule has 0 saturated heterocycles. The molecule has 20 heavy (non-hydrogen) atoms. The topological polar surface area (TPSA) is 78.4 Å². The summed E-state index contributed by atoms with van der Waals surface area (Å²) in [5.74, 6) is -0.807. The maximum atomic E-state index is 11.8. The molecular weight excluding hydrogens is 256 g/mol. The zero-order valence-electron chi connectivity index (χ0n) is 12.0. The fourth-order valence-electron chi connectivity index (χ4n) is 1.89. The first-order valence-corrected chi connectivity index (χ1v) is 6.89. The van der Waals surface area contributed by atoms with E-state index in [0.717, 1.165) is 17.7 Å². The van der Waals surface area contributed by atoms with Gasteiger partial charge in [-0.2, -0.15) is 0 Å². The van der Waals surface area contributed by atoms with Crippen LogP contribution in [0.2, 0.25) is 0 Å². The summed E-state index contributed by atoms with van der Waals surface area (Å²) < 4.78 is 0. The standard InChI is InChI=1S/C15H22N2O3/c1-3-12-7-5-8-13(10-12)17-15(20)16-11(2)6-4-9-14(18)19/h5,7-8,10-11H,3-4,6,9H2,1-2H3,(H,18,19)(H2,16,17,20). The lowest BCUT2D eigenvalue weighted by molar-refractivity contribution is -0.137. The van der Waals surface area contributed by atoms with Gasteiger partial charge >= 0.3 is 12.0 Å². The number of rotatable bonds is 7. The first-order chi connectivity index (χ1) is 9.51. The Balaban J connectivity index is 2.36. The summed E-state index contributed by atoms with van der Waals surface area (Å²) in [6.45, 7) is 3.92. The van der Waals surface area contributed by atoms with Crippen LogP contribution in [0.3, 0.4) is 0 Å². The fourth-order valence-corrected chi connectivity index (χ4v) is 1.89. The van der Waals surface area contributed by atoms with Gasteiger partial charge in [0, 0.05) is 18.2 Å². The molecule has 1 atom stereocenters. The van der Waals surface area contributed by atoms with Gasteiger partial charge in [-0.1, -0.05) is 19.1 Å². The first-order valence-electron chi connectivity index (χ1n) is 6.89. The van der Waals surface area contributed by atoms with Crippen molar-refractivity contribution >= 4 is 17.7 Å². The van der Waals surface area contributed by atoms with Gasteiger partial charge in [0.25, 0.3) is 0 Å². The van der Waals surface area contributed by atoms with Crippen molar-refractivity contribution in [3.05, 3.63) is 29.8 Å². The largest absolute Gasteiger partial charge is 0.481 e. The van der Waals surface area contributed by atoms with Crippen LogP contribution in [0.5, 0.6) is 0 Å². The molecule has 0 aromatic heterocycles. The van der Waals surface area contributed by atoms with Crippen LogP contribution < -0.4 is 10.6 Å². The highest BCUT2D eigenvalue weighted by Crippen LogP contribution is 2.11. The van der Waals surface area contributed by atoms with Crippen LogP contribution in [0.4, 0.5) is 10.5 Å². The first kappa shape index (κ1) is 16.0. The lowest BCUT2D eigenvalue weighted by Crippen LogP contribution is -2.36. The van der Waals surface area contributed by atoms with Gasteiger partial charge in [0.2, 0.25) is 0 Å². The minimum Gasteiger partial charge on any atom is -0.481 e. The number of carboxylic acids is 1. The van der Waals surface area contributed by atoms with Crippen LogP contribution in [0.25, 0.3) is 0 Å². The Hall–Kier alpha value is -2.04. The third kappa shape index (κ3) is 6.22. The highest BCUT2D eigenvalue weighted by atomic mass is 16.4. The predicted molar refractivity (Wildman–Crippen MR) is 78.9 cm³/mol. The van der Waals surface area contributed by atoms with E-state index in [4.69, 9.17) is 5.11 Å². The normalized spacial score (nSPS) is 11.7. The van der Waals surface area contributed by atoms with Crippen LogP contribution in [0, 0.1) is 0 Å². The molecule has 0 spiro atoms. The van der Waals surface area contributed by atoms with Gasteiger partial charge in [-0.25, -0.2) is 4.79 Å². The smallest absolute Gasteiger partial charge is 0.319 e. The molecule has 0 aliphatic heterocycles. The molecule has 0 heterocycles. The zero-order chi connectivity index (χ0) is 15.0. The molecule has 1 unspecified atom stereocenters. The van der Waals surface area contributed by atoms with E-state index in [0.29, 0.717) is 12.8 Å². The van der Waals surface area contributed by atoms with Crippen molar-refractivity contribution in [1.82, 2.24) is 5.32 Å². The lowest BCUT2D eigenvalue weighted by atomic mass is 10.1. The van der Waals surface area contributed by atoms with E-state index < -0.39 is 5.97 Å². The number of hydrogen-bond donors (Lipinski definition) is 3. The summed E-state index contributed by atoms with van der Waals surface area (Å²) in [6, 6.07) is 7.38. The van der Waals surface area contributed by atoms with Crippen molar-refractivity contribution in [3.63, 3.8) is 0 Å². The predicted octanol–water partition coefficient (Wildman–Crippen LogP) is 3.01. The van der Waals surface area contributed by atoms with Crippen LogP contribution in [-0.2, 0) is 11.2 Å².